The lowest BCUT2D eigenvalue weighted by molar-refractivity contribution is -0.138. The van der Waals surface area contributed by atoms with Crippen LogP contribution >= 0.6 is 0 Å². The number of amides is 1. The number of carbonyl (C=O) groups is 1. The first-order chi connectivity index (χ1) is 10.1. The lowest BCUT2D eigenvalue weighted by Gasteiger charge is -2.27. The molecule has 122 valence electrons. The van der Waals surface area contributed by atoms with Crippen LogP contribution in [0, 0.1) is 0 Å². The Morgan fingerprint density at radius 1 is 1.41 bits per heavy atom. The van der Waals surface area contributed by atoms with Gasteiger partial charge in [-0.1, -0.05) is 0 Å². The number of aromatic nitrogens is 1. The summed E-state index contributed by atoms with van der Waals surface area (Å²) >= 11 is 0. The Morgan fingerprint density at radius 2 is 2.09 bits per heavy atom. The monoisotopic (exact) mass is 318 g/mol. The second kappa shape index (κ2) is 5.75. The number of hydrogen-bond acceptors (Lipinski definition) is 4. The van der Waals surface area contributed by atoms with Crippen LogP contribution < -0.4 is 5.32 Å². The number of nitrogens with one attached hydrogen (secondary N) is 1. The minimum atomic E-state index is -4.46. The van der Waals surface area contributed by atoms with Gasteiger partial charge >= 0.3 is 12.3 Å². The molecule has 0 saturated heterocycles. The van der Waals surface area contributed by atoms with Gasteiger partial charge in [-0.3, -0.25) is 4.98 Å². The smallest absolute Gasteiger partial charge is 0.417 e. The van der Waals surface area contributed by atoms with E-state index in [9.17, 15) is 18.0 Å². The highest BCUT2D eigenvalue weighted by Crippen LogP contribution is 2.32. The molecule has 0 aliphatic carbocycles. The van der Waals surface area contributed by atoms with Crippen molar-refractivity contribution in [3.05, 3.63) is 29.1 Å². The van der Waals surface area contributed by atoms with Crippen LogP contribution in [0.4, 0.5) is 18.0 Å². The number of pyridine rings is 1. The average Bonchev–Trinajstić information content (AvgIpc) is 2.35. The van der Waals surface area contributed by atoms with Crippen LogP contribution in [0.1, 0.15) is 43.6 Å². The van der Waals surface area contributed by atoms with Crippen LogP contribution in [0.2, 0.25) is 0 Å². The van der Waals surface area contributed by atoms with E-state index < -0.39 is 29.5 Å². The number of ether oxygens (including phenoxy) is 2. The van der Waals surface area contributed by atoms with Crippen molar-refractivity contribution in [2.24, 2.45) is 0 Å². The average molecular weight is 318 g/mol. The fourth-order valence-corrected chi connectivity index (χ4v) is 2.03. The topological polar surface area (TPSA) is 60.5 Å². The van der Waals surface area contributed by atoms with Gasteiger partial charge in [-0.05, 0) is 26.8 Å². The maximum Gasteiger partial charge on any atom is 0.417 e. The van der Waals surface area contributed by atoms with Crippen molar-refractivity contribution in [1.29, 1.82) is 0 Å². The molecule has 2 rings (SSSR count). The minimum absolute atomic E-state index is 0.0265. The Morgan fingerprint density at radius 3 is 2.68 bits per heavy atom. The van der Waals surface area contributed by atoms with Crippen LogP contribution in [0.15, 0.2) is 12.3 Å². The Balaban J connectivity index is 2.17. The number of alkyl halides is 3. The molecule has 0 spiro atoms. The highest BCUT2D eigenvalue weighted by molar-refractivity contribution is 5.68. The molecule has 1 aliphatic rings. The van der Waals surface area contributed by atoms with Crippen molar-refractivity contribution in [2.45, 2.75) is 45.2 Å². The van der Waals surface area contributed by atoms with Crippen molar-refractivity contribution >= 4 is 6.09 Å². The van der Waals surface area contributed by atoms with Gasteiger partial charge in [0.2, 0.25) is 0 Å². The Hall–Kier alpha value is -1.83. The van der Waals surface area contributed by atoms with E-state index in [-0.39, 0.29) is 13.2 Å². The zero-order chi connectivity index (χ0) is 16.5. The molecule has 1 aliphatic heterocycles. The molecule has 1 N–H and O–H groups in total. The molecular formula is C14H17F3N2O3. The summed E-state index contributed by atoms with van der Waals surface area (Å²) in [5.74, 6) is 0. The summed E-state index contributed by atoms with van der Waals surface area (Å²) in [6.45, 7) is 5.30. The highest BCUT2D eigenvalue weighted by atomic mass is 19.4. The predicted octanol–water partition coefficient (Wildman–Crippen LogP) is 3.20. The van der Waals surface area contributed by atoms with E-state index in [4.69, 9.17) is 9.47 Å². The number of fused-ring (bicyclic) bond motifs is 1. The molecule has 1 atom stereocenters. The van der Waals surface area contributed by atoms with Crippen LogP contribution in [-0.2, 0) is 22.3 Å². The molecule has 0 fully saturated rings. The number of nitrogens with zero attached hydrogens (tertiary/aromatic N) is 1. The molecule has 1 unspecified atom stereocenters. The molecule has 8 heteroatoms. The largest absolute Gasteiger partial charge is 0.444 e. The molecule has 1 amide bonds. The molecule has 0 bridgehead atoms. The van der Waals surface area contributed by atoms with Gasteiger partial charge in [0, 0.05) is 11.8 Å². The van der Waals surface area contributed by atoms with E-state index in [1.54, 1.807) is 20.8 Å². The summed E-state index contributed by atoms with van der Waals surface area (Å²) < 4.78 is 48.4. The Bertz CT molecular complexity index is 567. The molecule has 1 aromatic rings. The van der Waals surface area contributed by atoms with Gasteiger partial charge in [0.05, 0.1) is 30.5 Å². The maximum absolute atomic E-state index is 12.7. The van der Waals surface area contributed by atoms with Crippen LogP contribution in [0.3, 0.4) is 0 Å². The predicted molar refractivity (Wildman–Crippen MR) is 71.0 cm³/mol. The van der Waals surface area contributed by atoms with Crippen molar-refractivity contribution in [2.75, 3.05) is 6.61 Å². The number of alkyl carbamates (subject to hydrolysis) is 1. The molecule has 0 radical (unpaired) electrons. The van der Waals surface area contributed by atoms with E-state index in [2.05, 4.69) is 10.3 Å². The first kappa shape index (κ1) is 16.5. The van der Waals surface area contributed by atoms with E-state index in [0.29, 0.717) is 11.3 Å². The van der Waals surface area contributed by atoms with Gasteiger partial charge in [0.1, 0.15) is 5.60 Å². The second-order valence-corrected chi connectivity index (χ2v) is 5.98. The van der Waals surface area contributed by atoms with Gasteiger partial charge < -0.3 is 14.8 Å². The number of halogens is 3. The SMILES string of the molecule is CC(C)(C)OC(=O)NC1COCc2cc(C(F)(F)F)cnc21. The first-order valence-electron chi connectivity index (χ1n) is 6.69. The van der Waals surface area contributed by atoms with E-state index in [1.165, 1.54) is 0 Å². The van der Waals surface area contributed by atoms with E-state index in [0.717, 1.165) is 12.3 Å². The van der Waals surface area contributed by atoms with Gasteiger partial charge in [0.15, 0.2) is 0 Å². The zero-order valence-corrected chi connectivity index (χ0v) is 12.5. The van der Waals surface area contributed by atoms with Crippen molar-refractivity contribution < 1.29 is 27.4 Å². The fraction of sp³-hybridized carbons (Fsp3) is 0.571. The van der Waals surface area contributed by atoms with Crippen molar-refractivity contribution in [3.8, 4) is 0 Å². The third-order valence-electron chi connectivity index (χ3n) is 2.89. The minimum Gasteiger partial charge on any atom is -0.444 e. The van der Waals surface area contributed by atoms with Crippen LogP contribution in [-0.4, -0.2) is 23.3 Å². The van der Waals surface area contributed by atoms with E-state index in [1.807, 2.05) is 0 Å². The summed E-state index contributed by atoms with van der Waals surface area (Å²) in [4.78, 5) is 15.6. The summed E-state index contributed by atoms with van der Waals surface area (Å²) in [6.07, 6.45) is -4.38. The Labute approximate surface area is 125 Å². The second-order valence-electron chi connectivity index (χ2n) is 5.98. The van der Waals surface area contributed by atoms with Gasteiger partial charge in [0.25, 0.3) is 0 Å². The summed E-state index contributed by atoms with van der Waals surface area (Å²) in [7, 11) is 0. The molecule has 0 aromatic carbocycles. The third-order valence-corrected chi connectivity index (χ3v) is 2.89. The molecular weight excluding hydrogens is 301 g/mol. The van der Waals surface area contributed by atoms with E-state index >= 15 is 0 Å². The maximum atomic E-state index is 12.7. The zero-order valence-electron chi connectivity index (χ0n) is 12.5. The highest BCUT2D eigenvalue weighted by Gasteiger charge is 2.34. The van der Waals surface area contributed by atoms with Gasteiger partial charge in [-0.25, -0.2) is 4.79 Å². The van der Waals surface area contributed by atoms with Crippen LogP contribution in [0.25, 0.3) is 0 Å². The summed E-state index contributed by atoms with van der Waals surface area (Å²) in [5.41, 5.74) is -0.837. The normalized spacial score (nSPS) is 18.5. The quantitative estimate of drug-likeness (QED) is 0.864. The standard InChI is InChI=1S/C14H17F3N2O3/c1-13(2,3)22-12(20)19-10-7-21-6-8-4-9(14(15,16)17)5-18-11(8)10/h4-5,10H,6-7H2,1-3H3,(H,19,20). The molecule has 22 heavy (non-hydrogen) atoms. The summed E-state index contributed by atoms with van der Waals surface area (Å²) in [6, 6.07) is 0.353. The van der Waals surface area contributed by atoms with Crippen molar-refractivity contribution in [1.82, 2.24) is 10.3 Å². The number of rotatable bonds is 1. The van der Waals surface area contributed by atoms with Crippen molar-refractivity contribution in [3.63, 3.8) is 0 Å². The molecule has 2 heterocycles. The summed E-state index contributed by atoms with van der Waals surface area (Å²) in [5, 5.41) is 2.56. The number of hydrogen-bond donors (Lipinski definition) is 1. The Kier molecular flexibility index (Phi) is 4.32. The molecule has 1 aromatic heterocycles. The lowest BCUT2D eigenvalue weighted by atomic mass is 10.0. The van der Waals surface area contributed by atoms with Gasteiger partial charge in [-0.15, -0.1) is 0 Å². The fourth-order valence-electron chi connectivity index (χ4n) is 2.03. The lowest BCUT2D eigenvalue weighted by Crippen LogP contribution is -2.38. The molecule has 5 nitrogen and oxygen atoms in total. The van der Waals surface area contributed by atoms with Gasteiger partial charge in [-0.2, -0.15) is 13.2 Å². The molecule has 0 saturated carbocycles. The third kappa shape index (κ3) is 4.09. The first-order valence-corrected chi connectivity index (χ1v) is 6.69. The van der Waals surface area contributed by atoms with Crippen LogP contribution in [0.5, 0.6) is 0 Å². The number of carbonyl (C=O) groups excluding carboxylic acids is 1.